The fraction of sp³-hybridized carbons (Fsp3) is 0.500. The molecule has 0 atom stereocenters. The Balaban J connectivity index is 3.81. The van der Waals surface area contributed by atoms with E-state index in [9.17, 15) is 17.6 Å². The van der Waals surface area contributed by atoms with Crippen molar-refractivity contribution in [3.63, 3.8) is 0 Å². The van der Waals surface area contributed by atoms with Gasteiger partial charge < -0.3 is 8.23 Å². The maximum Gasteiger partial charge on any atom is 0.208 e. The van der Waals surface area contributed by atoms with E-state index in [0.717, 1.165) is 0 Å². The van der Waals surface area contributed by atoms with Crippen molar-refractivity contribution < 1.29 is 25.8 Å². The van der Waals surface area contributed by atoms with Crippen molar-refractivity contribution in [2.75, 3.05) is 0 Å². The van der Waals surface area contributed by atoms with Crippen molar-refractivity contribution in [2.24, 2.45) is 0 Å². The molecule has 0 saturated carbocycles. The van der Waals surface area contributed by atoms with Gasteiger partial charge in [0.15, 0.2) is 23.3 Å². The third-order valence-electron chi connectivity index (χ3n) is 3.48. The lowest BCUT2D eigenvalue weighted by molar-refractivity contribution is 0.413. The van der Waals surface area contributed by atoms with Gasteiger partial charge in [-0.1, -0.05) is 13.1 Å². The standard InChI is InChI=1S/C12H22F4O2Si4/c1-19-17-21(3,4)11-9(15)7(13)8(14)10(16)12(11)22(5,6)18-20-2/h19-20H2,1-6H3. The molecule has 0 aromatic heterocycles. The molecule has 1 aromatic carbocycles. The van der Waals surface area contributed by atoms with Crippen LogP contribution in [-0.2, 0) is 8.23 Å². The second-order valence-electron chi connectivity index (χ2n) is 5.89. The van der Waals surface area contributed by atoms with Crippen molar-refractivity contribution >= 4 is 46.5 Å². The minimum atomic E-state index is -2.88. The Labute approximate surface area is 135 Å². The summed E-state index contributed by atoms with van der Waals surface area (Å²) < 4.78 is 67.9. The van der Waals surface area contributed by atoms with Crippen LogP contribution >= 0.6 is 0 Å². The topological polar surface area (TPSA) is 18.5 Å². The molecular weight excluding hydrogens is 364 g/mol. The van der Waals surface area contributed by atoms with Gasteiger partial charge in [-0.15, -0.1) is 0 Å². The third kappa shape index (κ3) is 3.62. The first kappa shape index (κ1) is 19.8. The molecule has 22 heavy (non-hydrogen) atoms. The zero-order valence-electron chi connectivity index (χ0n) is 13.7. The number of hydrogen-bond acceptors (Lipinski definition) is 2. The quantitative estimate of drug-likeness (QED) is 0.318. The van der Waals surface area contributed by atoms with Crippen molar-refractivity contribution in [1.29, 1.82) is 0 Å². The number of benzene rings is 1. The lowest BCUT2D eigenvalue weighted by Gasteiger charge is -2.33. The summed E-state index contributed by atoms with van der Waals surface area (Å²) in [5.74, 6) is -6.18. The molecule has 0 aliphatic carbocycles. The molecule has 0 N–H and O–H groups in total. The summed E-state index contributed by atoms with van der Waals surface area (Å²) in [6.45, 7) is 10.4. The maximum atomic E-state index is 14.5. The SMILES string of the molecule is C[SiH2]O[Si](C)(C)c1c(F)c(F)c(F)c(F)c1[Si](C)(C)O[SiH2]C. The van der Waals surface area contributed by atoms with Crippen LogP contribution in [0.15, 0.2) is 0 Å². The minimum Gasteiger partial charge on any atom is -0.458 e. The molecule has 10 heteroatoms. The Hall–Kier alpha value is -0.272. The Morgan fingerprint density at radius 3 is 1.14 bits per heavy atom. The van der Waals surface area contributed by atoms with E-state index in [4.69, 9.17) is 8.23 Å². The molecule has 0 fully saturated rings. The van der Waals surface area contributed by atoms with Crippen LogP contribution in [0, 0.1) is 23.3 Å². The van der Waals surface area contributed by atoms with Gasteiger partial charge in [0.05, 0.1) is 0 Å². The highest BCUT2D eigenvalue weighted by Gasteiger charge is 2.43. The van der Waals surface area contributed by atoms with Gasteiger partial charge in [-0.05, 0) is 26.2 Å². The fourth-order valence-corrected chi connectivity index (χ4v) is 14.1. The molecule has 0 amide bonds. The van der Waals surface area contributed by atoms with E-state index in [1.54, 1.807) is 26.2 Å². The van der Waals surface area contributed by atoms with E-state index in [-0.39, 0.29) is 10.4 Å². The highest BCUT2D eigenvalue weighted by atomic mass is 28.4. The summed E-state index contributed by atoms with van der Waals surface area (Å²) in [4.78, 5) is 0. The molecule has 0 bridgehead atoms. The molecule has 126 valence electrons. The number of rotatable bonds is 6. The van der Waals surface area contributed by atoms with Crippen molar-refractivity contribution in [3.8, 4) is 0 Å². The number of halogens is 4. The van der Waals surface area contributed by atoms with E-state index >= 15 is 0 Å². The fourth-order valence-electron chi connectivity index (χ4n) is 2.63. The predicted octanol–water partition coefficient (Wildman–Crippen LogP) is 1.36. The molecule has 0 heterocycles. The summed E-state index contributed by atoms with van der Waals surface area (Å²) >= 11 is 0. The van der Waals surface area contributed by atoms with Gasteiger partial charge in [0.2, 0.25) is 16.6 Å². The Kier molecular flexibility index (Phi) is 6.37. The first-order valence-electron chi connectivity index (χ1n) is 7.16. The monoisotopic (exact) mass is 386 g/mol. The van der Waals surface area contributed by atoms with Crippen LogP contribution in [-0.4, -0.2) is 36.2 Å². The van der Waals surface area contributed by atoms with Gasteiger partial charge in [0, 0.05) is 10.4 Å². The molecule has 0 aliphatic rings. The molecule has 0 saturated heterocycles. The van der Waals surface area contributed by atoms with Gasteiger partial charge in [-0.2, -0.15) is 0 Å². The van der Waals surface area contributed by atoms with Gasteiger partial charge in [-0.25, -0.2) is 17.6 Å². The second-order valence-corrected chi connectivity index (χ2v) is 16.4. The predicted molar refractivity (Wildman–Crippen MR) is 91.5 cm³/mol. The van der Waals surface area contributed by atoms with Crippen LogP contribution in [0.2, 0.25) is 39.3 Å². The van der Waals surface area contributed by atoms with Gasteiger partial charge in [0.1, 0.15) is 19.5 Å². The van der Waals surface area contributed by atoms with E-state index in [0.29, 0.717) is 0 Å². The summed E-state index contributed by atoms with van der Waals surface area (Å²) in [7, 11) is -7.60. The molecule has 1 rings (SSSR count). The smallest absolute Gasteiger partial charge is 0.208 e. The van der Waals surface area contributed by atoms with Crippen molar-refractivity contribution in [1.82, 2.24) is 0 Å². The largest absolute Gasteiger partial charge is 0.458 e. The summed E-state index contributed by atoms with van der Waals surface area (Å²) in [6, 6.07) is 0. The Morgan fingerprint density at radius 2 is 0.909 bits per heavy atom. The molecule has 0 radical (unpaired) electrons. The average molecular weight is 387 g/mol. The lowest BCUT2D eigenvalue weighted by atomic mass is 10.3. The molecule has 0 spiro atoms. The summed E-state index contributed by atoms with van der Waals surface area (Å²) in [5, 5.41) is -0.227. The van der Waals surface area contributed by atoms with E-state index in [1.807, 2.05) is 13.1 Å². The average Bonchev–Trinajstić information content (AvgIpc) is 2.39. The zero-order valence-corrected chi connectivity index (χ0v) is 18.6. The van der Waals surface area contributed by atoms with Crippen molar-refractivity contribution in [2.45, 2.75) is 39.3 Å². The maximum absolute atomic E-state index is 14.5. The highest BCUT2D eigenvalue weighted by molar-refractivity contribution is 6.96. The highest BCUT2D eigenvalue weighted by Crippen LogP contribution is 2.19. The molecule has 0 aliphatic heterocycles. The van der Waals surface area contributed by atoms with E-state index in [2.05, 4.69) is 0 Å². The van der Waals surface area contributed by atoms with Gasteiger partial charge in [-0.3, -0.25) is 0 Å². The van der Waals surface area contributed by atoms with E-state index in [1.165, 1.54) is 0 Å². The zero-order chi connectivity index (χ0) is 17.3. The van der Waals surface area contributed by atoms with Crippen LogP contribution in [0.5, 0.6) is 0 Å². The summed E-state index contributed by atoms with van der Waals surface area (Å²) in [6.07, 6.45) is 0. The molecule has 1 aromatic rings. The van der Waals surface area contributed by atoms with Gasteiger partial charge in [0.25, 0.3) is 0 Å². The Morgan fingerprint density at radius 1 is 0.636 bits per heavy atom. The first-order chi connectivity index (χ1) is 10.0. The summed E-state index contributed by atoms with van der Waals surface area (Å²) in [5.41, 5.74) is 0. The first-order valence-corrected chi connectivity index (χ1v) is 17.0. The Bertz CT molecular complexity index is 518. The number of hydrogen-bond donors (Lipinski definition) is 0. The van der Waals surface area contributed by atoms with Crippen LogP contribution in [0.4, 0.5) is 17.6 Å². The minimum absolute atomic E-state index is 0.114. The third-order valence-corrected chi connectivity index (χ3v) is 15.2. The van der Waals surface area contributed by atoms with Crippen LogP contribution in [0.1, 0.15) is 0 Å². The van der Waals surface area contributed by atoms with Crippen molar-refractivity contribution in [3.05, 3.63) is 23.3 Å². The van der Waals surface area contributed by atoms with Gasteiger partial charge >= 0.3 is 0 Å². The van der Waals surface area contributed by atoms with Crippen LogP contribution < -0.4 is 10.4 Å². The molecular formula is C12H22F4O2Si4. The molecule has 0 unspecified atom stereocenters. The van der Waals surface area contributed by atoms with Crippen LogP contribution in [0.3, 0.4) is 0 Å². The normalized spacial score (nSPS) is 13.9. The lowest BCUT2D eigenvalue weighted by Crippen LogP contribution is -2.64. The second kappa shape index (κ2) is 7.09. The van der Waals surface area contributed by atoms with E-state index < -0.39 is 59.4 Å². The van der Waals surface area contributed by atoms with Crippen LogP contribution in [0.25, 0.3) is 0 Å². The molecule has 2 nitrogen and oxygen atoms in total.